The number of methoxy groups -OCH3 is 1. The molecule has 7 heteroatoms. The van der Waals surface area contributed by atoms with E-state index in [0.717, 1.165) is 11.1 Å². The number of aryl methyl sites for hydroxylation is 1. The molecule has 0 fully saturated rings. The zero-order valence-corrected chi connectivity index (χ0v) is 19.4. The summed E-state index contributed by atoms with van der Waals surface area (Å²) in [6, 6.07) is 13.3. The fourth-order valence-corrected chi connectivity index (χ4v) is 3.60. The van der Waals surface area contributed by atoms with Gasteiger partial charge in [0.2, 0.25) is 5.78 Å². The second-order valence-corrected chi connectivity index (χ2v) is 7.45. The van der Waals surface area contributed by atoms with E-state index in [9.17, 15) is 4.79 Å². The lowest BCUT2D eigenvalue weighted by Gasteiger charge is -2.14. The van der Waals surface area contributed by atoms with Crippen molar-refractivity contribution in [1.82, 2.24) is 9.78 Å². The van der Waals surface area contributed by atoms with Crippen molar-refractivity contribution in [3.63, 3.8) is 0 Å². The maximum atomic E-state index is 12.7. The lowest BCUT2D eigenvalue weighted by atomic mass is 10.1. The van der Waals surface area contributed by atoms with Crippen LogP contribution in [0.15, 0.2) is 59.2 Å². The molecule has 0 aliphatic heterocycles. The third-order valence-electron chi connectivity index (χ3n) is 4.59. The Hall–Kier alpha value is -3.06. The second-order valence-electron chi connectivity index (χ2n) is 6.59. The van der Waals surface area contributed by atoms with Crippen molar-refractivity contribution in [3.8, 4) is 17.2 Å². The minimum Gasteiger partial charge on any atom is -0.496 e. The molecule has 0 aliphatic carbocycles. The largest absolute Gasteiger partial charge is 0.496 e. The molecule has 1 heterocycles. The number of ether oxygens (including phenoxy) is 3. The van der Waals surface area contributed by atoms with Gasteiger partial charge < -0.3 is 14.2 Å². The van der Waals surface area contributed by atoms with E-state index in [1.807, 2.05) is 56.3 Å². The first-order chi connectivity index (χ1) is 15.1. The summed E-state index contributed by atoms with van der Waals surface area (Å²) in [5, 5.41) is 4.19. The minimum atomic E-state index is -0.120. The van der Waals surface area contributed by atoms with Gasteiger partial charge >= 0.3 is 0 Å². The molecule has 2 aromatic carbocycles. The average molecular weight is 485 g/mol. The topological polar surface area (TPSA) is 62.6 Å². The molecule has 0 spiro atoms. The molecule has 0 unspecified atom stereocenters. The van der Waals surface area contributed by atoms with Crippen LogP contribution in [-0.4, -0.2) is 29.3 Å². The zero-order valence-electron chi connectivity index (χ0n) is 17.8. The zero-order chi connectivity index (χ0) is 22.2. The first kappa shape index (κ1) is 22.6. The van der Waals surface area contributed by atoms with Gasteiger partial charge in [0.1, 0.15) is 18.1 Å². The molecular weight excluding hydrogens is 460 g/mol. The summed E-state index contributed by atoms with van der Waals surface area (Å²) in [6.07, 6.45) is 4.96. The Labute approximate surface area is 190 Å². The minimum absolute atomic E-state index is 0.120. The summed E-state index contributed by atoms with van der Waals surface area (Å²) < 4.78 is 19.4. The second kappa shape index (κ2) is 10.8. The average Bonchev–Trinajstić information content (AvgIpc) is 3.17. The van der Waals surface area contributed by atoms with Crippen LogP contribution >= 0.6 is 15.9 Å². The van der Waals surface area contributed by atoms with E-state index in [-0.39, 0.29) is 5.78 Å². The molecule has 0 saturated carbocycles. The van der Waals surface area contributed by atoms with E-state index >= 15 is 0 Å². The molecule has 3 rings (SSSR count). The molecule has 162 valence electrons. The van der Waals surface area contributed by atoms with Crippen molar-refractivity contribution in [2.75, 3.05) is 13.7 Å². The number of hydrogen-bond donors (Lipinski definition) is 0. The van der Waals surface area contributed by atoms with Gasteiger partial charge in [0.05, 0.1) is 24.4 Å². The highest BCUT2D eigenvalue weighted by Gasteiger charge is 2.14. The quantitative estimate of drug-likeness (QED) is 0.279. The normalized spacial score (nSPS) is 11.0. The molecule has 0 radical (unpaired) electrons. The number of nitrogens with zero attached hydrogens (tertiary/aromatic N) is 2. The smallest absolute Gasteiger partial charge is 0.205 e. The lowest BCUT2D eigenvalue weighted by molar-refractivity contribution is 0.103. The molecule has 1 aromatic heterocycles. The molecular formula is C24H25BrN2O4. The lowest BCUT2D eigenvalue weighted by Crippen LogP contribution is -2.07. The monoisotopic (exact) mass is 484 g/mol. The van der Waals surface area contributed by atoms with E-state index < -0.39 is 0 Å². The van der Waals surface area contributed by atoms with Crippen molar-refractivity contribution < 1.29 is 19.0 Å². The van der Waals surface area contributed by atoms with Gasteiger partial charge in [0.15, 0.2) is 11.5 Å². The van der Waals surface area contributed by atoms with Crippen LogP contribution in [0.2, 0.25) is 0 Å². The van der Waals surface area contributed by atoms with Crippen LogP contribution in [0.25, 0.3) is 6.08 Å². The number of carbonyl (C=O) groups is 1. The molecule has 31 heavy (non-hydrogen) atoms. The molecule has 0 N–H and O–H groups in total. The number of aromatic nitrogens is 2. The van der Waals surface area contributed by atoms with E-state index in [1.165, 1.54) is 0 Å². The van der Waals surface area contributed by atoms with Crippen LogP contribution in [0, 0.1) is 0 Å². The highest BCUT2D eigenvalue weighted by atomic mass is 79.9. The molecule has 0 atom stereocenters. The Kier molecular flexibility index (Phi) is 7.89. The Morgan fingerprint density at radius 3 is 2.52 bits per heavy atom. The molecule has 3 aromatic rings. The maximum Gasteiger partial charge on any atom is 0.205 e. The van der Waals surface area contributed by atoms with Crippen LogP contribution in [0.5, 0.6) is 17.2 Å². The van der Waals surface area contributed by atoms with Crippen molar-refractivity contribution in [1.29, 1.82) is 0 Å². The van der Waals surface area contributed by atoms with Gasteiger partial charge in [-0.2, -0.15) is 5.10 Å². The molecule has 0 amide bonds. The summed E-state index contributed by atoms with van der Waals surface area (Å²) >= 11 is 3.39. The SMILES string of the molecule is CCOc1ccccc1OCc1cc(/C=C/C(=O)c2c(Br)cnn2CC)ccc1OC. The molecule has 6 nitrogen and oxygen atoms in total. The number of para-hydroxylation sites is 2. The standard InChI is InChI=1S/C24H25BrN2O4/c1-4-27-24(19(25)15-26-27)20(28)12-10-17-11-13-21(29-3)18(14-17)16-31-23-9-7-6-8-22(23)30-5-2/h6-15H,4-5,16H2,1-3H3/b12-10+. The molecule has 0 bridgehead atoms. The van der Waals surface area contributed by atoms with E-state index in [4.69, 9.17) is 14.2 Å². The van der Waals surface area contributed by atoms with Crippen molar-refractivity contribution in [2.45, 2.75) is 27.0 Å². The predicted octanol–water partition coefficient (Wildman–Crippen LogP) is 5.55. The first-order valence-corrected chi connectivity index (χ1v) is 10.8. The Morgan fingerprint density at radius 2 is 1.84 bits per heavy atom. The number of benzene rings is 2. The van der Waals surface area contributed by atoms with Gasteiger partial charge in [-0.05, 0) is 65.7 Å². The van der Waals surface area contributed by atoms with Gasteiger partial charge in [-0.1, -0.05) is 24.3 Å². The van der Waals surface area contributed by atoms with E-state index in [1.54, 1.807) is 30.1 Å². The third kappa shape index (κ3) is 5.55. The van der Waals surface area contributed by atoms with E-state index in [0.29, 0.717) is 47.2 Å². The summed E-state index contributed by atoms with van der Waals surface area (Å²) in [4.78, 5) is 12.7. The van der Waals surface area contributed by atoms with Gasteiger partial charge in [-0.15, -0.1) is 0 Å². The highest BCUT2D eigenvalue weighted by molar-refractivity contribution is 9.10. The van der Waals surface area contributed by atoms with Crippen LogP contribution in [0.3, 0.4) is 0 Å². The van der Waals surface area contributed by atoms with Gasteiger partial charge in [-0.25, -0.2) is 0 Å². The third-order valence-corrected chi connectivity index (χ3v) is 5.17. The highest BCUT2D eigenvalue weighted by Crippen LogP contribution is 2.29. The number of ketones is 1. The Balaban J connectivity index is 1.78. The molecule has 0 aliphatic rings. The van der Waals surface area contributed by atoms with Gasteiger partial charge in [0, 0.05) is 12.1 Å². The van der Waals surface area contributed by atoms with Gasteiger partial charge in [0.25, 0.3) is 0 Å². The fourth-order valence-electron chi connectivity index (χ4n) is 3.11. The summed E-state index contributed by atoms with van der Waals surface area (Å²) in [5.74, 6) is 1.96. The summed E-state index contributed by atoms with van der Waals surface area (Å²) in [7, 11) is 1.62. The number of halogens is 1. The summed E-state index contributed by atoms with van der Waals surface area (Å²) in [6.45, 7) is 5.36. The number of rotatable bonds is 10. The van der Waals surface area contributed by atoms with Crippen LogP contribution in [0.1, 0.15) is 35.5 Å². The summed E-state index contributed by atoms with van der Waals surface area (Å²) in [5.41, 5.74) is 2.26. The number of hydrogen-bond acceptors (Lipinski definition) is 5. The maximum absolute atomic E-state index is 12.7. The van der Waals surface area contributed by atoms with E-state index in [2.05, 4.69) is 21.0 Å². The van der Waals surface area contributed by atoms with Crippen LogP contribution < -0.4 is 14.2 Å². The number of allylic oxidation sites excluding steroid dienone is 1. The molecule has 0 saturated heterocycles. The Bertz CT molecular complexity index is 1080. The number of carbonyl (C=O) groups excluding carboxylic acids is 1. The van der Waals surface area contributed by atoms with Crippen molar-refractivity contribution in [3.05, 3.63) is 76.0 Å². The fraction of sp³-hybridized carbons (Fsp3) is 0.250. The predicted molar refractivity (Wildman–Crippen MR) is 124 cm³/mol. The van der Waals surface area contributed by atoms with Crippen LogP contribution in [0.4, 0.5) is 0 Å². The van der Waals surface area contributed by atoms with Gasteiger partial charge in [-0.3, -0.25) is 9.48 Å². The van der Waals surface area contributed by atoms with Crippen LogP contribution in [-0.2, 0) is 13.2 Å². The van der Waals surface area contributed by atoms with Crippen molar-refractivity contribution >= 4 is 27.8 Å². The van der Waals surface area contributed by atoms with Crippen molar-refractivity contribution in [2.24, 2.45) is 0 Å². The first-order valence-electron chi connectivity index (χ1n) is 10.0. The Morgan fingerprint density at radius 1 is 1.10 bits per heavy atom.